The molecule has 0 aliphatic carbocycles. The van der Waals surface area contributed by atoms with Crippen LogP contribution in [0, 0.1) is 0 Å². The van der Waals surface area contributed by atoms with Crippen LogP contribution in [0.5, 0.6) is 0 Å². The Balaban J connectivity index is 2.86. The average molecular weight is 334 g/mol. The quantitative estimate of drug-likeness (QED) is 0.554. The van der Waals surface area contributed by atoms with Crippen LogP contribution in [0.1, 0.15) is 26.0 Å². The molecule has 0 bridgehead atoms. The molecule has 0 radical (unpaired) electrons. The molecule has 112 valence electrons. The van der Waals surface area contributed by atoms with Crippen molar-refractivity contribution in [1.82, 2.24) is 9.71 Å². The highest BCUT2D eigenvalue weighted by Gasteiger charge is 2.22. The molecule has 1 atom stereocenters. The van der Waals surface area contributed by atoms with Crippen LogP contribution in [0.4, 0.5) is 0 Å². The van der Waals surface area contributed by atoms with E-state index < -0.39 is 10.0 Å². The molecule has 0 saturated heterocycles. The van der Waals surface area contributed by atoms with Gasteiger partial charge in [0.05, 0.1) is 0 Å². The summed E-state index contributed by atoms with van der Waals surface area (Å²) < 4.78 is 27.3. The van der Waals surface area contributed by atoms with Crippen molar-refractivity contribution in [3.8, 4) is 0 Å². The van der Waals surface area contributed by atoms with E-state index in [9.17, 15) is 8.42 Å². The zero-order valence-electron chi connectivity index (χ0n) is 11.5. The standard InChI is InChI=1S/C12H19N3O2S3/c1-3-19-8-6-9(2)15-20(16,17)10-5-4-7-14-11(10)12(13)18/h4-5,7,9,15H,3,6,8H2,1-2H3,(H2,13,18). The van der Waals surface area contributed by atoms with Crippen molar-refractivity contribution in [1.29, 1.82) is 0 Å². The molecule has 0 fully saturated rings. The number of pyridine rings is 1. The lowest BCUT2D eigenvalue weighted by molar-refractivity contribution is 0.556. The first-order valence-corrected chi connectivity index (χ1v) is 9.28. The van der Waals surface area contributed by atoms with Gasteiger partial charge in [0.15, 0.2) is 0 Å². The lowest BCUT2D eigenvalue weighted by Crippen LogP contribution is -2.34. The molecule has 0 aliphatic heterocycles. The Kier molecular flexibility index (Phi) is 6.87. The molecule has 20 heavy (non-hydrogen) atoms. The zero-order valence-corrected chi connectivity index (χ0v) is 13.9. The highest BCUT2D eigenvalue weighted by molar-refractivity contribution is 7.99. The summed E-state index contributed by atoms with van der Waals surface area (Å²) in [7, 11) is -3.66. The molecule has 1 aromatic heterocycles. The van der Waals surface area contributed by atoms with E-state index in [1.807, 2.05) is 6.92 Å². The minimum atomic E-state index is -3.66. The lowest BCUT2D eigenvalue weighted by atomic mass is 10.3. The average Bonchev–Trinajstić information content (AvgIpc) is 2.38. The Bertz CT molecular complexity index is 561. The van der Waals surface area contributed by atoms with Crippen molar-refractivity contribution >= 4 is 39.0 Å². The fourth-order valence-electron chi connectivity index (χ4n) is 1.58. The van der Waals surface area contributed by atoms with Crippen LogP contribution in [-0.4, -0.2) is 35.9 Å². The molecule has 1 aromatic rings. The van der Waals surface area contributed by atoms with Gasteiger partial charge < -0.3 is 5.73 Å². The van der Waals surface area contributed by atoms with Crippen molar-refractivity contribution in [3.63, 3.8) is 0 Å². The van der Waals surface area contributed by atoms with Crippen LogP contribution in [-0.2, 0) is 10.0 Å². The number of sulfonamides is 1. The fraction of sp³-hybridized carbons (Fsp3) is 0.500. The highest BCUT2D eigenvalue weighted by atomic mass is 32.2. The normalized spacial score (nSPS) is 13.1. The number of thioether (sulfide) groups is 1. The number of nitrogens with zero attached hydrogens (tertiary/aromatic N) is 1. The summed E-state index contributed by atoms with van der Waals surface area (Å²) in [5, 5.41) is 0. The van der Waals surface area contributed by atoms with E-state index in [0.717, 1.165) is 17.9 Å². The highest BCUT2D eigenvalue weighted by Crippen LogP contribution is 2.14. The maximum atomic E-state index is 12.3. The third-order valence-corrected chi connectivity index (χ3v) is 5.30. The van der Waals surface area contributed by atoms with Crippen molar-refractivity contribution < 1.29 is 8.42 Å². The smallest absolute Gasteiger partial charge is 0.243 e. The molecule has 0 saturated carbocycles. The third-order valence-electron chi connectivity index (χ3n) is 2.55. The summed E-state index contributed by atoms with van der Waals surface area (Å²) in [6.07, 6.45) is 2.23. The lowest BCUT2D eigenvalue weighted by Gasteiger charge is -2.15. The Hall–Kier alpha value is -0.700. The number of nitrogens with two attached hydrogens (primary N) is 1. The van der Waals surface area contributed by atoms with E-state index in [0.29, 0.717) is 0 Å². The first kappa shape index (κ1) is 17.4. The molecule has 1 unspecified atom stereocenters. The monoisotopic (exact) mass is 333 g/mol. The van der Waals surface area contributed by atoms with Gasteiger partial charge in [0.2, 0.25) is 10.0 Å². The molecule has 0 amide bonds. The minimum absolute atomic E-state index is 0.0276. The van der Waals surface area contributed by atoms with Crippen LogP contribution in [0.25, 0.3) is 0 Å². The van der Waals surface area contributed by atoms with Crippen LogP contribution < -0.4 is 10.5 Å². The number of nitrogens with one attached hydrogen (secondary N) is 1. The van der Waals surface area contributed by atoms with Gasteiger partial charge in [-0.25, -0.2) is 13.1 Å². The first-order valence-electron chi connectivity index (χ1n) is 6.23. The number of hydrogen-bond acceptors (Lipinski definition) is 5. The van der Waals surface area contributed by atoms with Gasteiger partial charge in [-0.1, -0.05) is 19.1 Å². The van der Waals surface area contributed by atoms with Gasteiger partial charge in [0, 0.05) is 12.2 Å². The molecule has 0 spiro atoms. The van der Waals surface area contributed by atoms with Crippen LogP contribution in [0.2, 0.25) is 0 Å². The van der Waals surface area contributed by atoms with E-state index in [1.54, 1.807) is 17.8 Å². The predicted octanol–water partition coefficient (Wildman–Crippen LogP) is 1.53. The Labute approximate surface area is 129 Å². The zero-order chi connectivity index (χ0) is 15.2. The minimum Gasteiger partial charge on any atom is -0.388 e. The summed E-state index contributed by atoms with van der Waals surface area (Å²) in [5.41, 5.74) is 5.64. The summed E-state index contributed by atoms with van der Waals surface area (Å²) >= 11 is 6.62. The second-order valence-corrected chi connectivity index (χ2v) is 7.74. The Morgan fingerprint density at radius 2 is 2.30 bits per heavy atom. The van der Waals surface area contributed by atoms with Gasteiger partial charge in [-0.15, -0.1) is 0 Å². The van der Waals surface area contributed by atoms with Crippen LogP contribution >= 0.6 is 24.0 Å². The van der Waals surface area contributed by atoms with Gasteiger partial charge in [-0.3, -0.25) is 4.98 Å². The van der Waals surface area contributed by atoms with Crippen molar-refractivity contribution in [2.24, 2.45) is 5.73 Å². The van der Waals surface area contributed by atoms with Crippen LogP contribution in [0.15, 0.2) is 23.2 Å². The van der Waals surface area contributed by atoms with Gasteiger partial charge in [0.1, 0.15) is 15.6 Å². The van der Waals surface area contributed by atoms with E-state index in [2.05, 4.69) is 16.6 Å². The Morgan fingerprint density at radius 3 is 2.90 bits per heavy atom. The van der Waals surface area contributed by atoms with Crippen LogP contribution in [0.3, 0.4) is 0 Å². The van der Waals surface area contributed by atoms with E-state index in [4.69, 9.17) is 18.0 Å². The second-order valence-electron chi connectivity index (χ2n) is 4.22. The largest absolute Gasteiger partial charge is 0.388 e. The SMILES string of the molecule is CCSCCC(C)NS(=O)(=O)c1cccnc1C(N)=S. The van der Waals surface area contributed by atoms with Gasteiger partial charge in [-0.2, -0.15) is 11.8 Å². The molecule has 3 N–H and O–H groups in total. The number of rotatable bonds is 8. The van der Waals surface area contributed by atoms with Gasteiger partial charge in [-0.05, 0) is 37.0 Å². The molecule has 5 nitrogen and oxygen atoms in total. The molecule has 0 aliphatic rings. The van der Waals surface area contributed by atoms with Crippen molar-refractivity contribution in [2.45, 2.75) is 31.2 Å². The Morgan fingerprint density at radius 1 is 1.60 bits per heavy atom. The topological polar surface area (TPSA) is 85.1 Å². The summed E-state index contributed by atoms with van der Waals surface area (Å²) in [4.78, 5) is 3.94. The van der Waals surface area contributed by atoms with E-state index >= 15 is 0 Å². The fourth-order valence-corrected chi connectivity index (χ4v) is 4.07. The maximum Gasteiger partial charge on any atom is 0.243 e. The molecule has 1 rings (SSSR count). The van der Waals surface area contributed by atoms with E-state index in [1.165, 1.54) is 12.3 Å². The molecular formula is C12H19N3O2S3. The molecule has 0 aromatic carbocycles. The molecule has 8 heteroatoms. The van der Waals surface area contributed by atoms with Crippen molar-refractivity contribution in [3.05, 3.63) is 24.0 Å². The van der Waals surface area contributed by atoms with Gasteiger partial charge >= 0.3 is 0 Å². The summed E-state index contributed by atoms with van der Waals surface area (Å²) in [6.45, 7) is 3.91. The molecule has 1 heterocycles. The maximum absolute atomic E-state index is 12.3. The first-order chi connectivity index (χ1) is 9.38. The number of thiocarbonyl (C=S) groups is 1. The summed E-state index contributed by atoms with van der Waals surface area (Å²) in [5.74, 6) is 1.93. The summed E-state index contributed by atoms with van der Waals surface area (Å²) in [6, 6.07) is 2.85. The van der Waals surface area contributed by atoms with E-state index in [-0.39, 0.29) is 21.6 Å². The third kappa shape index (κ3) is 5.01. The number of aromatic nitrogens is 1. The second kappa shape index (κ2) is 7.92. The molecular weight excluding hydrogens is 314 g/mol. The predicted molar refractivity (Wildman–Crippen MR) is 87.5 cm³/mol. The van der Waals surface area contributed by atoms with Crippen molar-refractivity contribution in [2.75, 3.05) is 11.5 Å². The number of hydrogen-bond donors (Lipinski definition) is 2. The van der Waals surface area contributed by atoms with Gasteiger partial charge in [0.25, 0.3) is 0 Å².